The Morgan fingerprint density at radius 1 is 1.08 bits per heavy atom. The number of anilines is 1. The topological polar surface area (TPSA) is 45.2 Å². The number of amides is 1. The molecule has 1 saturated heterocycles. The number of carbonyl (C=O) groups is 1. The van der Waals surface area contributed by atoms with Gasteiger partial charge in [-0.1, -0.05) is 30.3 Å². The Bertz CT molecular complexity index is 870. The first-order valence-corrected chi connectivity index (χ1v) is 9.64. The van der Waals surface area contributed by atoms with Gasteiger partial charge in [-0.2, -0.15) is 0 Å². The molecule has 0 atom stereocenters. The van der Waals surface area contributed by atoms with Crippen molar-refractivity contribution < 1.29 is 4.79 Å². The van der Waals surface area contributed by atoms with Crippen LogP contribution in [0.4, 0.5) is 5.82 Å². The van der Waals surface area contributed by atoms with Gasteiger partial charge in [-0.25, -0.2) is 4.98 Å². The van der Waals surface area contributed by atoms with Gasteiger partial charge < -0.3 is 10.2 Å². The normalized spacial score (nSPS) is 14.6. The summed E-state index contributed by atoms with van der Waals surface area (Å²) in [4.78, 5) is 20.8. The fourth-order valence-corrected chi connectivity index (χ4v) is 4.04. The third kappa shape index (κ3) is 3.37. The SMILES string of the molecule is O=C(NCc1cccs1)c1cnc(N2CCCCC2)c2ccccc12. The van der Waals surface area contributed by atoms with Crippen LogP contribution < -0.4 is 10.2 Å². The molecule has 1 N–H and O–H groups in total. The van der Waals surface area contributed by atoms with E-state index in [1.165, 1.54) is 19.3 Å². The van der Waals surface area contributed by atoms with Gasteiger partial charge in [0.25, 0.3) is 5.91 Å². The molecule has 1 amide bonds. The van der Waals surface area contributed by atoms with Crippen LogP contribution >= 0.6 is 11.3 Å². The molecule has 3 aromatic rings. The van der Waals surface area contributed by atoms with E-state index in [4.69, 9.17) is 0 Å². The summed E-state index contributed by atoms with van der Waals surface area (Å²) < 4.78 is 0. The summed E-state index contributed by atoms with van der Waals surface area (Å²) in [5.41, 5.74) is 0.646. The second kappa shape index (κ2) is 7.23. The molecule has 25 heavy (non-hydrogen) atoms. The molecule has 1 aliphatic rings. The van der Waals surface area contributed by atoms with Crippen molar-refractivity contribution >= 4 is 33.8 Å². The lowest BCUT2D eigenvalue weighted by atomic mass is 10.0. The molecule has 1 fully saturated rings. The molecule has 2 aromatic heterocycles. The average Bonchev–Trinajstić information content (AvgIpc) is 3.19. The van der Waals surface area contributed by atoms with Crippen molar-refractivity contribution in [3.63, 3.8) is 0 Å². The highest BCUT2D eigenvalue weighted by Gasteiger charge is 2.18. The molecule has 1 aliphatic heterocycles. The predicted octanol–water partition coefficient (Wildman–Crippen LogP) is 4.22. The molecule has 5 heteroatoms. The zero-order valence-electron chi connectivity index (χ0n) is 14.1. The van der Waals surface area contributed by atoms with Crippen molar-refractivity contribution in [2.24, 2.45) is 0 Å². The summed E-state index contributed by atoms with van der Waals surface area (Å²) in [6.45, 7) is 2.64. The fourth-order valence-electron chi connectivity index (χ4n) is 3.39. The van der Waals surface area contributed by atoms with Gasteiger partial charge in [0.05, 0.1) is 12.1 Å². The van der Waals surface area contributed by atoms with E-state index in [9.17, 15) is 4.79 Å². The third-order valence-corrected chi connectivity index (χ3v) is 5.55. The van der Waals surface area contributed by atoms with E-state index in [2.05, 4.69) is 21.3 Å². The van der Waals surface area contributed by atoms with Crippen LogP contribution in [-0.2, 0) is 6.54 Å². The molecule has 0 unspecified atom stereocenters. The Balaban J connectivity index is 1.64. The van der Waals surface area contributed by atoms with Gasteiger partial charge in [-0.15, -0.1) is 11.3 Å². The second-order valence-electron chi connectivity index (χ2n) is 6.35. The summed E-state index contributed by atoms with van der Waals surface area (Å²) in [6.07, 6.45) is 5.44. The maximum atomic E-state index is 12.7. The predicted molar refractivity (Wildman–Crippen MR) is 103 cm³/mol. The van der Waals surface area contributed by atoms with Gasteiger partial charge in [0.1, 0.15) is 5.82 Å². The van der Waals surface area contributed by atoms with Crippen molar-refractivity contribution in [2.45, 2.75) is 25.8 Å². The number of benzene rings is 1. The largest absolute Gasteiger partial charge is 0.356 e. The quantitative estimate of drug-likeness (QED) is 0.765. The van der Waals surface area contributed by atoms with E-state index in [0.29, 0.717) is 12.1 Å². The number of pyridine rings is 1. The number of carbonyl (C=O) groups excluding carboxylic acids is 1. The van der Waals surface area contributed by atoms with Crippen LogP contribution in [0.3, 0.4) is 0 Å². The van der Waals surface area contributed by atoms with Crippen molar-refractivity contribution in [3.8, 4) is 0 Å². The number of nitrogens with zero attached hydrogens (tertiary/aromatic N) is 2. The number of piperidine rings is 1. The smallest absolute Gasteiger partial charge is 0.253 e. The number of hydrogen-bond acceptors (Lipinski definition) is 4. The summed E-state index contributed by atoms with van der Waals surface area (Å²) in [7, 11) is 0. The number of hydrogen-bond donors (Lipinski definition) is 1. The van der Waals surface area contributed by atoms with Gasteiger partial charge in [0.15, 0.2) is 0 Å². The first-order valence-electron chi connectivity index (χ1n) is 8.76. The number of rotatable bonds is 4. The third-order valence-electron chi connectivity index (χ3n) is 4.68. The highest BCUT2D eigenvalue weighted by Crippen LogP contribution is 2.29. The molecule has 0 spiro atoms. The number of nitrogens with one attached hydrogen (secondary N) is 1. The number of aromatic nitrogens is 1. The summed E-state index contributed by atoms with van der Waals surface area (Å²) >= 11 is 1.65. The Morgan fingerprint density at radius 2 is 1.88 bits per heavy atom. The average molecular weight is 351 g/mol. The van der Waals surface area contributed by atoms with Crippen molar-refractivity contribution in [2.75, 3.05) is 18.0 Å². The zero-order valence-corrected chi connectivity index (χ0v) is 14.9. The summed E-state index contributed by atoms with van der Waals surface area (Å²) in [5.74, 6) is 0.937. The minimum absolute atomic E-state index is 0.0673. The first-order chi connectivity index (χ1) is 12.3. The van der Waals surface area contributed by atoms with Crippen LogP contribution in [0, 0.1) is 0 Å². The monoisotopic (exact) mass is 351 g/mol. The Hall–Kier alpha value is -2.40. The molecule has 4 nitrogen and oxygen atoms in total. The molecular formula is C20H21N3OS. The molecule has 3 heterocycles. The Labute approximate surface area is 151 Å². The minimum atomic E-state index is -0.0673. The fraction of sp³-hybridized carbons (Fsp3) is 0.300. The maximum absolute atomic E-state index is 12.7. The zero-order chi connectivity index (χ0) is 17.1. The van der Waals surface area contributed by atoms with Crippen LogP contribution in [0.5, 0.6) is 0 Å². The van der Waals surface area contributed by atoms with E-state index >= 15 is 0 Å². The van der Waals surface area contributed by atoms with Crippen molar-refractivity contribution in [1.82, 2.24) is 10.3 Å². The molecule has 1 aromatic carbocycles. The molecule has 0 radical (unpaired) electrons. The van der Waals surface area contributed by atoms with Gasteiger partial charge in [-0.3, -0.25) is 4.79 Å². The highest BCUT2D eigenvalue weighted by molar-refractivity contribution is 7.09. The van der Waals surface area contributed by atoms with Crippen LogP contribution in [0.15, 0.2) is 48.0 Å². The van der Waals surface area contributed by atoms with E-state index in [1.807, 2.05) is 35.7 Å². The van der Waals surface area contributed by atoms with Crippen LogP contribution in [-0.4, -0.2) is 24.0 Å². The summed E-state index contributed by atoms with van der Waals surface area (Å²) in [5, 5.41) is 7.07. The lowest BCUT2D eigenvalue weighted by Crippen LogP contribution is -2.30. The van der Waals surface area contributed by atoms with E-state index < -0.39 is 0 Å². The maximum Gasteiger partial charge on any atom is 0.253 e. The lowest BCUT2D eigenvalue weighted by Gasteiger charge is -2.29. The molecule has 4 rings (SSSR count). The minimum Gasteiger partial charge on any atom is -0.356 e. The van der Waals surface area contributed by atoms with Crippen molar-refractivity contribution in [1.29, 1.82) is 0 Å². The van der Waals surface area contributed by atoms with Gasteiger partial charge in [0.2, 0.25) is 0 Å². The van der Waals surface area contributed by atoms with Gasteiger partial charge in [0, 0.05) is 29.5 Å². The molecule has 128 valence electrons. The Morgan fingerprint density at radius 3 is 2.64 bits per heavy atom. The van der Waals surface area contributed by atoms with Crippen molar-refractivity contribution in [3.05, 3.63) is 58.4 Å². The van der Waals surface area contributed by atoms with Gasteiger partial charge in [-0.05, 0) is 36.1 Å². The van der Waals surface area contributed by atoms with E-state index in [1.54, 1.807) is 17.5 Å². The number of thiophene rings is 1. The lowest BCUT2D eigenvalue weighted by molar-refractivity contribution is 0.0952. The Kier molecular flexibility index (Phi) is 4.65. The molecular weight excluding hydrogens is 330 g/mol. The molecule has 0 bridgehead atoms. The second-order valence-corrected chi connectivity index (χ2v) is 7.38. The highest BCUT2D eigenvalue weighted by atomic mass is 32.1. The standard InChI is InChI=1S/C20H21N3OS/c24-20(22-13-15-7-6-12-25-15)18-14-21-19(23-10-4-1-5-11-23)17-9-3-2-8-16(17)18/h2-3,6-9,12,14H,1,4-5,10-11,13H2,(H,22,24). The molecule has 0 aliphatic carbocycles. The summed E-state index contributed by atoms with van der Waals surface area (Å²) in [6, 6.07) is 12.1. The van der Waals surface area contributed by atoms with Crippen LogP contribution in [0.2, 0.25) is 0 Å². The van der Waals surface area contributed by atoms with Crippen LogP contribution in [0.1, 0.15) is 34.5 Å². The first kappa shape index (κ1) is 16.1. The molecule has 0 saturated carbocycles. The number of fused-ring (bicyclic) bond motifs is 1. The van der Waals surface area contributed by atoms with E-state index in [0.717, 1.165) is 34.6 Å². The van der Waals surface area contributed by atoms with Crippen LogP contribution in [0.25, 0.3) is 10.8 Å². The van der Waals surface area contributed by atoms with Gasteiger partial charge >= 0.3 is 0 Å². The van der Waals surface area contributed by atoms with E-state index in [-0.39, 0.29) is 5.91 Å².